The number of benzene rings is 1. The van der Waals surface area contributed by atoms with Gasteiger partial charge < -0.3 is 20.3 Å². The minimum atomic E-state index is -1.37. The van der Waals surface area contributed by atoms with Crippen LogP contribution in [0.4, 0.5) is 5.69 Å². The van der Waals surface area contributed by atoms with Gasteiger partial charge in [-0.3, -0.25) is 9.59 Å². The monoisotopic (exact) mass is 309 g/mol. The van der Waals surface area contributed by atoms with Crippen molar-refractivity contribution < 1.29 is 29.3 Å². The molecule has 7 nitrogen and oxygen atoms in total. The zero-order chi connectivity index (χ0) is 16.9. The van der Waals surface area contributed by atoms with Crippen LogP contribution in [-0.4, -0.2) is 33.7 Å². The number of carbonyl (C=O) groups is 3. The molecule has 1 atom stereocenters. The Morgan fingerprint density at radius 1 is 1.18 bits per heavy atom. The Morgan fingerprint density at radius 3 is 2.14 bits per heavy atom. The average molecular weight is 309 g/mol. The molecule has 0 aromatic heterocycles. The average Bonchev–Trinajstić information content (AvgIpc) is 2.40. The van der Waals surface area contributed by atoms with E-state index in [4.69, 9.17) is 14.9 Å². The summed E-state index contributed by atoms with van der Waals surface area (Å²) in [5, 5.41) is 20.4. The van der Waals surface area contributed by atoms with Crippen LogP contribution in [0.3, 0.4) is 0 Å². The number of hydrogen-bond acceptors (Lipinski definition) is 4. The number of ether oxygens (including phenoxy) is 1. The summed E-state index contributed by atoms with van der Waals surface area (Å²) < 4.78 is 5.32. The minimum Gasteiger partial charge on any atom is -0.481 e. The molecule has 1 amide bonds. The third kappa shape index (κ3) is 4.47. The Kier molecular flexibility index (Phi) is 5.50. The van der Waals surface area contributed by atoms with Gasteiger partial charge in [0.25, 0.3) is 0 Å². The number of carboxylic acid groups (broad SMARTS) is 2. The fourth-order valence-electron chi connectivity index (χ4n) is 1.65. The molecule has 1 aromatic rings. The number of carbonyl (C=O) groups excluding carboxylic acids is 1. The molecule has 1 rings (SSSR count). The summed E-state index contributed by atoms with van der Waals surface area (Å²) >= 11 is 0. The normalized spacial score (nSPS) is 12.3. The molecule has 7 heteroatoms. The molecule has 1 aromatic carbocycles. The highest BCUT2D eigenvalue weighted by atomic mass is 16.5. The fourth-order valence-corrected chi connectivity index (χ4v) is 1.65. The van der Waals surface area contributed by atoms with Crippen molar-refractivity contribution in [3.8, 4) is 5.75 Å². The van der Waals surface area contributed by atoms with Crippen LogP contribution >= 0.6 is 0 Å². The SMILES string of the molecule is CCC(C(=O)O)C(=O)Nc1ccc(OC(C)(C)C(=O)O)cc1. The van der Waals surface area contributed by atoms with E-state index in [0.717, 1.165) is 0 Å². The van der Waals surface area contributed by atoms with E-state index in [0.29, 0.717) is 11.4 Å². The summed E-state index contributed by atoms with van der Waals surface area (Å²) in [6.07, 6.45) is 0.190. The summed E-state index contributed by atoms with van der Waals surface area (Å²) in [6, 6.07) is 6.03. The summed E-state index contributed by atoms with van der Waals surface area (Å²) in [7, 11) is 0. The predicted octanol–water partition coefficient (Wildman–Crippen LogP) is 1.98. The number of rotatable bonds is 7. The third-order valence-electron chi connectivity index (χ3n) is 3.03. The largest absolute Gasteiger partial charge is 0.481 e. The van der Waals surface area contributed by atoms with Crippen LogP contribution in [0.1, 0.15) is 27.2 Å². The van der Waals surface area contributed by atoms with Gasteiger partial charge in [-0.05, 0) is 44.5 Å². The third-order valence-corrected chi connectivity index (χ3v) is 3.03. The molecule has 0 aliphatic carbocycles. The van der Waals surface area contributed by atoms with Crippen LogP contribution in [0.5, 0.6) is 5.75 Å². The highest BCUT2D eigenvalue weighted by Gasteiger charge is 2.29. The van der Waals surface area contributed by atoms with Crippen molar-refractivity contribution in [1.82, 2.24) is 0 Å². The van der Waals surface area contributed by atoms with Gasteiger partial charge in [0.2, 0.25) is 5.91 Å². The lowest BCUT2D eigenvalue weighted by Gasteiger charge is -2.21. The van der Waals surface area contributed by atoms with E-state index in [1.807, 2.05) is 0 Å². The number of nitrogens with one attached hydrogen (secondary N) is 1. The smallest absolute Gasteiger partial charge is 0.347 e. The number of amides is 1. The molecule has 0 fully saturated rings. The Bertz CT molecular complexity index is 564. The molecule has 0 aliphatic rings. The van der Waals surface area contributed by atoms with E-state index in [2.05, 4.69) is 5.32 Å². The van der Waals surface area contributed by atoms with Gasteiger partial charge in [0.1, 0.15) is 11.7 Å². The van der Waals surface area contributed by atoms with E-state index in [9.17, 15) is 14.4 Å². The number of hydrogen-bond donors (Lipinski definition) is 3. The number of aliphatic carboxylic acids is 2. The van der Waals surface area contributed by atoms with Crippen molar-refractivity contribution in [3.63, 3.8) is 0 Å². The molecular formula is C15H19NO6. The van der Waals surface area contributed by atoms with Crippen molar-refractivity contribution in [2.45, 2.75) is 32.8 Å². The van der Waals surface area contributed by atoms with E-state index in [-0.39, 0.29) is 6.42 Å². The van der Waals surface area contributed by atoms with Crippen LogP contribution < -0.4 is 10.1 Å². The van der Waals surface area contributed by atoms with Gasteiger partial charge in [-0.1, -0.05) is 6.92 Å². The van der Waals surface area contributed by atoms with E-state index < -0.39 is 29.4 Å². The maximum absolute atomic E-state index is 11.8. The summed E-state index contributed by atoms with van der Waals surface area (Å²) in [5.74, 6) is -3.66. The lowest BCUT2D eigenvalue weighted by atomic mass is 10.1. The molecule has 0 bridgehead atoms. The van der Waals surface area contributed by atoms with Crippen molar-refractivity contribution >= 4 is 23.5 Å². The fraction of sp³-hybridized carbons (Fsp3) is 0.400. The molecule has 3 N–H and O–H groups in total. The zero-order valence-corrected chi connectivity index (χ0v) is 12.6. The second-order valence-electron chi connectivity index (χ2n) is 5.23. The molecule has 120 valence electrons. The van der Waals surface area contributed by atoms with E-state index in [1.165, 1.54) is 38.1 Å². The zero-order valence-electron chi connectivity index (χ0n) is 12.6. The van der Waals surface area contributed by atoms with Crippen LogP contribution in [0.2, 0.25) is 0 Å². The molecule has 0 heterocycles. The van der Waals surface area contributed by atoms with E-state index in [1.54, 1.807) is 6.92 Å². The predicted molar refractivity (Wildman–Crippen MR) is 78.8 cm³/mol. The van der Waals surface area contributed by atoms with Gasteiger partial charge in [-0.15, -0.1) is 0 Å². The van der Waals surface area contributed by atoms with Crippen molar-refractivity contribution in [3.05, 3.63) is 24.3 Å². The lowest BCUT2D eigenvalue weighted by molar-refractivity contribution is -0.152. The van der Waals surface area contributed by atoms with Gasteiger partial charge >= 0.3 is 11.9 Å². The van der Waals surface area contributed by atoms with Gasteiger partial charge in [0.05, 0.1) is 0 Å². The first-order chi connectivity index (χ1) is 10.2. The topological polar surface area (TPSA) is 113 Å². The van der Waals surface area contributed by atoms with Crippen LogP contribution in [0.15, 0.2) is 24.3 Å². The molecule has 1 unspecified atom stereocenters. The molecule has 0 saturated carbocycles. The van der Waals surface area contributed by atoms with Gasteiger partial charge in [-0.2, -0.15) is 0 Å². The Morgan fingerprint density at radius 2 is 1.73 bits per heavy atom. The van der Waals surface area contributed by atoms with Gasteiger partial charge in [-0.25, -0.2) is 4.79 Å². The standard InChI is InChI=1S/C15H19NO6/c1-4-11(13(18)19)12(17)16-9-5-7-10(8-6-9)22-15(2,3)14(20)21/h5-8,11H,4H2,1-3H3,(H,16,17)(H,18,19)(H,20,21). The first-order valence-electron chi connectivity index (χ1n) is 6.73. The Balaban J connectivity index is 2.75. The first kappa shape index (κ1) is 17.5. The maximum atomic E-state index is 11.8. The second-order valence-corrected chi connectivity index (χ2v) is 5.23. The summed E-state index contributed by atoms with van der Waals surface area (Å²) in [5.41, 5.74) is -0.966. The highest BCUT2D eigenvalue weighted by Crippen LogP contribution is 2.21. The second kappa shape index (κ2) is 6.93. The Hall–Kier alpha value is -2.57. The molecule has 0 radical (unpaired) electrons. The molecule has 0 saturated heterocycles. The van der Waals surface area contributed by atoms with Gasteiger partial charge in [0.15, 0.2) is 5.60 Å². The number of carboxylic acids is 2. The summed E-state index contributed by atoms with van der Waals surface area (Å²) in [4.78, 5) is 33.7. The first-order valence-corrected chi connectivity index (χ1v) is 6.73. The van der Waals surface area contributed by atoms with Crippen molar-refractivity contribution in [1.29, 1.82) is 0 Å². The molecular weight excluding hydrogens is 290 g/mol. The quantitative estimate of drug-likeness (QED) is 0.664. The Labute approximate surface area is 127 Å². The van der Waals surface area contributed by atoms with Crippen molar-refractivity contribution in [2.75, 3.05) is 5.32 Å². The summed E-state index contributed by atoms with van der Waals surface area (Å²) in [6.45, 7) is 4.46. The molecule has 0 spiro atoms. The lowest BCUT2D eigenvalue weighted by Crippen LogP contribution is -2.37. The van der Waals surface area contributed by atoms with Crippen LogP contribution in [0, 0.1) is 5.92 Å². The van der Waals surface area contributed by atoms with Crippen LogP contribution in [0.25, 0.3) is 0 Å². The molecule has 22 heavy (non-hydrogen) atoms. The maximum Gasteiger partial charge on any atom is 0.347 e. The number of anilines is 1. The minimum absolute atomic E-state index is 0.190. The van der Waals surface area contributed by atoms with Crippen molar-refractivity contribution in [2.24, 2.45) is 5.92 Å². The van der Waals surface area contributed by atoms with Crippen LogP contribution in [-0.2, 0) is 14.4 Å². The highest BCUT2D eigenvalue weighted by molar-refractivity contribution is 6.04. The molecule has 0 aliphatic heterocycles. The van der Waals surface area contributed by atoms with Gasteiger partial charge in [0, 0.05) is 5.69 Å². The van der Waals surface area contributed by atoms with E-state index >= 15 is 0 Å².